The van der Waals surface area contributed by atoms with Gasteiger partial charge in [0.15, 0.2) is 0 Å². The van der Waals surface area contributed by atoms with E-state index in [2.05, 4.69) is 15.5 Å². The van der Waals surface area contributed by atoms with Gasteiger partial charge in [-0.15, -0.1) is 0 Å². The van der Waals surface area contributed by atoms with Crippen LogP contribution in [0, 0.1) is 6.92 Å². The molecule has 2 amide bonds. The third kappa shape index (κ3) is 3.98. The Morgan fingerprint density at radius 1 is 1.23 bits per heavy atom. The topological polar surface area (TPSA) is 97.6 Å². The summed E-state index contributed by atoms with van der Waals surface area (Å²) in [5.41, 5.74) is 3.01. The Labute approximate surface area is 174 Å². The monoisotopic (exact) mass is 408 g/mol. The predicted molar refractivity (Wildman–Crippen MR) is 111 cm³/mol. The molecule has 4 rings (SSSR count). The highest BCUT2D eigenvalue weighted by atomic mass is 16.6. The van der Waals surface area contributed by atoms with Gasteiger partial charge < -0.3 is 19.5 Å². The third-order valence-electron chi connectivity index (χ3n) is 5.29. The number of fused-ring (bicyclic) bond motifs is 1. The van der Waals surface area contributed by atoms with Gasteiger partial charge in [0, 0.05) is 24.7 Å². The number of pyridine rings is 1. The summed E-state index contributed by atoms with van der Waals surface area (Å²) in [4.78, 5) is 31.2. The summed E-state index contributed by atoms with van der Waals surface area (Å²) in [6.45, 7) is 5.05. The van der Waals surface area contributed by atoms with Gasteiger partial charge in [0.2, 0.25) is 0 Å². The average molecular weight is 408 g/mol. The Morgan fingerprint density at radius 2 is 1.97 bits per heavy atom. The van der Waals surface area contributed by atoms with Gasteiger partial charge in [0.05, 0.1) is 28.9 Å². The van der Waals surface area contributed by atoms with Crippen molar-refractivity contribution in [2.75, 3.05) is 19.7 Å². The van der Waals surface area contributed by atoms with E-state index in [-0.39, 0.29) is 18.0 Å². The van der Waals surface area contributed by atoms with Gasteiger partial charge in [-0.05, 0) is 32.8 Å². The molecule has 156 valence electrons. The number of benzene rings is 1. The number of nitrogens with zero attached hydrogens (tertiary/aromatic N) is 3. The predicted octanol–water partition coefficient (Wildman–Crippen LogP) is 3.55. The normalized spacial score (nSPS) is 14.7. The standard InChI is InChI=1S/C22H24N4O4/c1-3-29-22(28)26-11-9-16(10-12-26)23-20(27)17-13-18(15-7-5-4-6-8-15)24-21-19(17)14(2)25-30-21/h4-8,13,16H,3,9-12H2,1-2H3,(H,23,27). The smallest absolute Gasteiger partial charge is 0.409 e. The molecule has 30 heavy (non-hydrogen) atoms. The molecule has 0 saturated carbocycles. The number of piperidine rings is 1. The number of aromatic nitrogens is 2. The summed E-state index contributed by atoms with van der Waals surface area (Å²) in [7, 11) is 0. The fraction of sp³-hybridized carbons (Fsp3) is 0.364. The first kappa shape index (κ1) is 19.9. The second-order valence-electron chi connectivity index (χ2n) is 7.30. The summed E-state index contributed by atoms with van der Waals surface area (Å²) < 4.78 is 10.4. The van der Waals surface area contributed by atoms with Crippen LogP contribution in [0.4, 0.5) is 4.79 Å². The molecule has 0 atom stereocenters. The van der Waals surface area contributed by atoms with Crippen molar-refractivity contribution < 1.29 is 18.8 Å². The van der Waals surface area contributed by atoms with Crippen LogP contribution >= 0.6 is 0 Å². The number of carbonyl (C=O) groups excluding carboxylic acids is 2. The van der Waals surface area contributed by atoms with Crippen LogP contribution in [0.15, 0.2) is 40.9 Å². The second-order valence-corrected chi connectivity index (χ2v) is 7.30. The van der Waals surface area contributed by atoms with E-state index in [1.54, 1.807) is 24.8 Å². The number of carbonyl (C=O) groups is 2. The Bertz CT molecular complexity index is 1060. The summed E-state index contributed by atoms with van der Waals surface area (Å²) >= 11 is 0. The average Bonchev–Trinajstić information content (AvgIpc) is 3.15. The van der Waals surface area contributed by atoms with E-state index in [9.17, 15) is 9.59 Å². The van der Waals surface area contributed by atoms with Crippen molar-refractivity contribution >= 4 is 23.1 Å². The SMILES string of the molecule is CCOC(=O)N1CCC(NC(=O)c2cc(-c3ccccc3)nc3onc(C)c23)CC1. The molecule has 1 aliphatic rings. The minimum absolute atomic E-state index is 0.0215. The van der Waals surface area contributed by atoms with E-state index >= 15 is 0 Å². The van der Waals surface area contributed by atoms with Gasteiger partial charge in [0.1, 0.15) is 0 Å². The first-order valence-corrected chi connectivity index (χ1v) is 10.1. The van der Waals surface area contributed by atoms with Gasteiger partial charge in [-0.3, -0.25) is 4.79 Å². The quantitative estimate of drug-likeness (QED) is 0.709. The highest BCUT2D eigenvalue weighted by Crippen LogP contribution is 2.27. The lowest BCUT2D eigenvalue weighted by molar-refractivity contribution is 0.0861. The fourth-order valence-corrected chi connectivity index (χ4v) is 3.71. The number of nitrogens with one attached hydrogen (secondary N) is 1. The largest absolute Gasteiger partial charge is 0.450 e. The van der Waals surface area contributed by atoms with Gasteiger partial charge >= 0.3 is 6.09 Å². The Balaban J connectivity index is 1.55. The Hall–Kier alpha value is -3.42. The van der Waals surface area contributed by atoms with Crippen LogP contribution in [0.25, 0.3) is 22.4 Å². The molecule has 1 aliphatic heterocycles. The van der Waals surface area contributed by atoms with E-state index in [0.29, 0.717) is 60.6 Å². The van der Waals surface area contributed by atoms with Crippen LogP contribution in [-0.4, -0.2) is 52.8 Å². The van der Waals surface area contributed by atoms with Crippen molar-refractivity contribution in [1.29, 1.82) is 0 Å². The number of hydrogen-bond acceptors (Lipinski definition) is 6. The fourth-order valence-electron chi connectivity index (χ4n) is 3.71. The van der Waals surface area contributed by atoms with Gasteiger partial charge in [-0.25, -0.2) is 9.78 Å². The lowest BCUT2D eigenvalue weighted by Crippen LogP contribution is -2.46. The van der Waals surface area contributed by atoms with Crippen molar-refractivity contribution in [3.8, 4) is 11.3 Å². The second kappa shape index (κ2) is 8.52. The summed E-state index contributed by atoms with van der Waals surface area (Å²) in [6.07, 6.45) is 1.05. The number of rotatable bonds is 4. The van der Waals surface area contributed by atoms with Crippen LogP contribution < -0.4 is 5.32 Å². The van der Waals surface area contributed by atoms with Crippen molar-refractivity contribution in [2.24, 2.45) is 0 Å². The molecular formula is C22H24N4O4. The van der Waals surface area contributed by atoms with E-state index in [1.165, 1.54) is 0 Å². The maximum atomic E-state index is 13.2. The van der Waals surface area contributed by atoms with Crippen LogP contribution in [-0.2, 0) is 4.74 Å². The van der Waals surface area contributed by atoms with Crippen LogP contribution in [0.5, 0.6) is 0 Å². The van der Waals surface area contributed by atoms with Crippen molar-refractivity contribution in [1.82, 2.24) is 20.4 Å². The molecule has 0 unspecified atom stereocenters. The molecule has 0 bridgehead atoms. The molecule has 3 heterocycles. The maximum absolute atomic E-state index is 13.2. The number of hydrogen-bond donors (Lipinski definition) is 1. The van der Waals surface area contributed by atoms with Crippen molar-refractivity contribution in [3.05, 3.63) is 47.7 Å². The first-order chi connectivity index (χ1) is 14.6. The molecule has 0 radical (unpaired) electrons. The molecule has 1 fully saturated rings. The minimum Gasteiger partial charge on any atom is -0.450 e. The van der Waals surface area contributed by atoms with Gasteiger partial charge in [-0.1, -0.05) is 35.5 Å². The molecule has 1 N–H and O–H groups in total. The molecule has 1 aromatic carbocycles. The zero-order valence-corrected chi connectivity index (χ0v) is 17.1. The minimum atomic E-state index is -0.300. The van der Waals surface area contributed by atoms with E-state index in [0.717, 1.165) is 5.56 Å². The van der Waals surface area contributed by atoms with E-state index < -0.39 is 0 Å². The Kier molecular flexibility index (Phi) is 5.65. The van der Waals surface area contributed by atoms with Crippen molar-refractivity contribution in [2.45, 2.75) is 32.7 Å². The summed E-state index contributed by atoms with van der Waals surface area (Å²) in [5, 5.41) is 7.71. The first-order valence-electron chi connectivity index (χ1n) is 10.1. The van der Waals surface area contributed by atoms with Gasteiger partial charge in [0.25, 0.3) is 11.6 Å². The number of amides is 2. The number of ether oxygens (including phenoxy) is 1. The third-order valence-corrected chi connectivity index (χ3v) is 5.29. The number of aryl methyl sites for hydroxylation is 1. The highest BCUT2D eigenvalue weighted by molar-refractivity contribution is 6.07. The van der Waals surface area contributed by atoms with Crippen molar-refractivity contribution in [3.63, 3.8) is 0 Å². The maximum Gasteiger partial charge on any atom is 0.409 e. The highest BCUT2D eigenvalue weighted by Gasteiger charge is 2.26. The van der Waals surface area contributed by atoms with E-state index in [4.69, 9.17) is 9.26 Å². The van der Waals surface area contributed by atoms with Crippen LogP contribution in [0.3, 0.4) is 0 Å². The summed E-state index contributed by atoms with van der Waals surface area (Å²) in [6, 6.07) is 11.4. The summed E-state index contributed by atoms with van der Waals surface area (Å²) in [5.74, 6) is -0.194. The van der Waals surface area contributed by atoms with Crippen LogP contribution in [0.2, 0.25) is 0 Å². The van der Waals surface area contributed by atoms with Crippen LogP contribution in [0.1, 0.15) is 35.8 Å². The lowest BCUT2D eigenvalue weighted by Gasteiger charge is -2.31. The molecular weight excluding hydrogens is 384 g/mol. The zero-order chi connectivity index (χ0) is 21.1. The van der Waals surface area contributed by atoms with Gasteiger partial charge in [-0.2, -0.15) is 0 Å². The molecule has 0 spiro atoms. The number of likely N-dealkylation sites (tertiary alicyclic amines) is 1. The molecule has 2 aromatic heterocycles. The van der Waals surface area contributed by atoms with E-state index in [1.807, 2.05) is 30.3 Å². The zero-order valence-electron chi connectivity index (χ0n) is 17.1. The molecule has 8 heteroatoms. The molecule has 8 nitrogen and oxygen atoms in total. The molecule has 3 aromatic rings. The lowest BCUT2D eigenvalue weighted by atomic mass is 10.0. The molecule has 0 aliphatic carbocycles. The molecule has 1 saturated heterocycles. The Morgan fingerprint density at radius 3 is 2.67 bits per heavy atom.